The Kier molecular flexibility index (Phi) is 5.31. The Hall–Kier alpha value is -0.240. The van der Waals surface area contributed by atoms with Crippen LogP contribution in [0.4, 0.5) is 0 Å². The van der Waals surface area contributed by atoms with Crippen molar-refractivity contribution in [2.75, 3.05) is 13.6 Å². The summed E-state index contributed by atoms with van der Waals surface area (Å²) in [5, 5.41) is 0. The Morgan fingerprint density at radius 2 is 2.17 bits per heavy atom. The summed E-state index contributed by atoms with van der Waals surface area (Å²) in [5.41, 5.74) is 5.21. The van der Waals surface area contributed by atoms with Crippen molar-refractivity contribution in [3.63, 3.8) is 0 Å². The fourth-order valence-corrected chi connectivity index (χ4v) is 1.24. The molecule has 72 valence electrons. The van der Waals surface area contributed by atoms with Crippen LogP contribution >= 0.6 is 12.2 Å². The lowest BCUT2D eigenvalue weighted by Gasteiger charge is -2.03. The van der Waals surface area contributed by atoms with E-state index in [-0.39, 0.29) is 0 Å². The van der Waals surface area contributed by atoms with Gasteiger partial charge in [-0.2, -0.15) is 8.42 Å². The van der Waals surface area contributed by atoms with Gasteiger partial charge in [0.25, 0.3) is 10.2 Å². The second kappa shape index (κ2) is 5.41. The summed E-state index contributed by atoms with van der Waals surface area (Å²) in [6.45, 7) is 0.348. The monoisotopic (exact) mass is 211 g/mol. The number of nitrogens with one attached hydrogen (secondary N) is 2. The van der Waals surface area contributed by atoms with Gasteiger partial charge in [-0.15, -0.1) is 0 Å². The molecule has 0 fully saturated rings. The number of nitrogens with two attached hydrogens (primary N) is 1. The number of hydrogen-bond acceptors (Lipinski definition) is 3. The lowest BCUT2D eigenvalue weighted by molar-refractivity contribution is 0.571. The molecule has 0 spiro atoms. The van der Waals surface area contributed by atoms with Crippen molar-refractivity contribution in [3.05, 3.63) is 0 Å². The van der Waals surface area contributed by atoms with E-state index in [1.165, 1.54) is 7.05 Å². The third-order valence-electron chi connectivity index (χ3n) is 1.16. The van der Waals surface area contributed by atoms with E-state index in [1.54, 1.807) is 0 Å². The van der Waals surface area contributed by atoms with Crippen molar-refractivity contribution in [3.8, 4) is 0 Å². The predicted molar refractivity (Wildman–Crippen MR) is 52.0 cm³/mol. The third-order valence-corrected chi connectivity index (χ3v) is 2.49. The van der Waals surface area contributed by atoms with E-state index < -0.39 is 10.2 Å². The Balaban J connectivity index is 3.51. The van der Waals surface area contributed by atoms with Gasteiger partial charge in [0.2, 0.25) is 0 Å². The molecule has 12 heavy (non-hydrogen) atoms. The van der Waals surface area contributed by atoms with Crippen LogP contribution in [0.2, 0.25) is 0 Å². The zero-order chi connectivity index (χ0) is 9.61. The molecule has 0 aromatic carbocycles. The summed E-state index contributed by atoms with van der Waals surface area (Å²) in [7, 11) is -1.96. The molecule has 0 atom stereocenters. The Morgan fingerprint density at radius 1 is 1.58 bits per heavy atom. The Labute approximate surface area is 77.9 Å². The van der Waals surface area contributed by atoms with Gasteiger partial charge in [0.15, 0.2) is 0 Å². The fourth-order valence-electron chi connectivity index (χ4n) is 0.541. The molecule has 0 unspecified atom stereocenters. The van der Waals surface area contributed by atoms with Crippen LogP contribution in [0.5, 0.6) is 0 Å². The lowest BCUT2D eigenvalue weighted by Crippen LogP contribution is -2.34. The highest BCUT2D eigenvalue weighted by atomic mass is 32.2. The summed E-state index contributed by atoms with van der Waals surface area (Å²) >= 11 is 4.62. The maximum absolute atomic E-state index is 10.8. The molecular weight excluding hydrogens is 198 g/mol. The zero-order valence-electron chi connectivity index (χ0n) is 6.83. The van der Waals surface area contributed by atoms with Gasteiger partial charge >= 0.3 is 0 Å². The summed E-state index contributed by atoms with van der Waals surface area (Å²) in [6, 6.07) is 0. The molecule has 0 saturated heterocycles. The summed E-state index contributed by atoms with van der Waals surface area (Å²) in [5.74, 6) is 0. The first-order valence-corrected chi connectivity index (χ1v) is 5.33. The van der Waals surface area contributed by atoms with Crippen LogP contribution in [0.1, 0.15) is 12.8 Å². The molecule has 0 amide bonds. The van der Waals surface area contributed by atoms with Gasteiger partial charge in [0.05, 0.1) is 4.99 Å². The summed E-state index contributed by atoms with van der Waals surface area (Å²) in [4.78, 5) is 0.402. The van der Waals surface area contributed by atoms with Crippen molar-refractivity contribution in [2.24, 2.45) is 5.73 Å². The highest BCUT2D eigenvalue weighted by Gasteiger charge is 2.03. The van der Waals surface area contributed by atoms with Gasteiger partial charge < -0.3 is 5.73 Å². The van der Waals surface area contributed by atoms with E-state index in [0.717, 1.165) is 0 Å². The minimum absolute atomic E-state index is 0.348. The molecule has 0 radical (unpaired) electrons. The summed E-state index contributed by atoms with van der Waals surface area (Å²) in [6.07, 6.45) is 1.18. The SMILES string of the molecule is CNS(=O)(=O)NCCCC(N)=S. The van der Waals surface area contributed by atoms with E-state index in [4.69, 9.17) is 5.73 Å². The van der Waals surface area contributed by atoms with E-state index >= 15 is 0 Å². The maximum atomic E-state index is 10.8. The molecule has 0 heterocycles. The first-order chi connectivity index (χ1) is 5.48. The topological polar surface area (TPSA) is 84.2 Å². The minimum Gasteiger partial charge on any atom is -0.393 e. The van der Waals surface area contributed by atoms with E-state index in [2.05, 4.69) is 21.7 Å². The molecule has 0 bridgehead atoms. The molecule has 7 heteroatoms. The molecule has 0 saturated carbocycles. The molecule has 5 nitrogen and oxygen atoms in total. The quantitative estimate of drug-likeness (QED) is 0.393. The average Bonchev–Trinajstić information content (AvgIpc) is 1.98. The molecule has 0 aliphatic heterocycles. The molecule has 0 aliphatic carbocycles. The van der Waals surface area contributed by atoms with Gasteiger partial charge in [0.1, 0.15) is 0 Å². The van der Waals surface area contributed by atoms with Gasteiger partial charge in [-0.1, -0.05) is 12.2 Å². The van der Waals surface area contributed by atoms with Gasteiger partial charge in [0, 0.05) is 13.6 Å². The third kappa shape index (κ3) is 6.47. The van der Waals surface area contributed by atoms with Crippen LogP contribution in [0.25, 0.3) is 0 Å². The lowest BCUT2D eigenvalue weighted by atomic mass is 10.3. The van der Waals surface area contributed by atoms with Crippen LogP contribution in [0.15, 0.2) is 0 Å². The van der Waals surface area contributed by atoms with Crippen LogP contribution in [-0.2, 0) is 10.2 Å². The smallest absolute Gasteiger partial charge is 0.276 e. The number of hydrogen-bond donors (Lipinski definition) is 3. The second-order valence-corrected chi connectivity index (χ2v) is 4.40. The molecule has 0 aromatic heterocycles. The zero-order valence-corrected chi connectivity index (χ0v) is 8.46. The fraction of sp³-hybridized carbons (Fsp3) is 0.800. The molecule has 0 rings (SSSR count). The van der Waals surface area contributed by atoms with E-state index in [1.807, 2.05) is 0 Å². The maximum Gasteiger partial charge on any atom is 0.276 e. The van der Waals surface area contributed by atoms with E-state index in [0.29, 0.717) is 24.4 Å². The summed E-state index contributed by atoms with van der Waals surface area (Å²) < 4.78 is 26.0. The minimum atomic E-state index is -3.30. The van der Waals surface area contributed by atoms with Crippen LogP contribution in [-0.4, -0.2) is 27.0 Å². The normalized spacial score (nSPS) is 11.4. The first-order valence-electron chi connectivity index (χ1n) is 3.44. The molecule has 4 N–H and O–H groups in total. The first kappa shape index (κ1) is 11.8. The standard InChI is InChI=1S/C5H13N3O2S2/c1-7-12(9,10)8-4-2-3-5(6)11/h7-8H,2-4H2,1H3,(H2,6,11). The van der Waals surface area contributed by atoms with Gasteiger partial charge in [-0.05, 0) is 12.8 Å². The molecular formula is C5H13N3O2S2. The number of thiocarbonyl (C=S) groups is 1. The van der Waals surface area contributed by atoms with Crippen molar-refractivity contribution in [1.82, 2.24) is 9.44 Å². The van der Waals surface area contributed by atoms with Crippen molar-refractivity contribution in [1.29, 1.82) is 0 Å². The highest BCUT2D eigenvalue weighted by molar-refractivity contribution is 7.87. The van der Waals surface area contributed by atoms with Crippen LogP contribution in [0, 0.1) is 0 Å². The highest BCUT2D eigenvalue weighted by Crippen LogP contribution is 1.87. The predicted octanol–water partition coefficient (Wildman–Crippen LogP) is -0.893. The van der Waals surface area contributed by atoms with Gasteiger partial charge in [-0.3, -0.25) is 0 Å². The molecule has 0 aliphatic rings. The van der Waals surface area contributed by atoms with Gasteiger partial charge in [-0.25, -0.2) is 9.44 Å². The molecule has 0 aromatic rings. The average molecular weight is 211 g/mol. The van der Waals surface area contributed by atoms with Crippen LogP contribution < -0.4 is 15.2 Å². The van der Waals surface area contributed by atoms with Crippen LogP contribution in [0.3, 0.4) is 0 Å². The Morgan fingerprint density at radius 3 is 2.58 bits per heavy atom. The van der Waals surface area contributed by atoms with Crippen molar-refractivity contribution in [2.45, 2.75) is 12.8 Å². The number of rotatable bonds is 6. The van der Waals surface area contributed by atoms with E-state index in [9.17, 15) is 8.42 Å². The van der Waals surface area contributed by atoms with Crippen molar-refractivity contribution < 1.29 is 8.42 Å². The van der Waals surface area contributed by atoms with Crippen molar-refractivity contribution >= 4 is 27.4 Å². The Bertz CT molecular complexity index is 237. The largest absolute Gasteiger partial charge is 0.393 e. The second-order valence-electron chi connectivity index (χ2n) is 2.17.